The lowest BCUT2D eigenvalue weighted by atomic mass is 10.1. The number of nitrogens with one attached hydrogen (secondary N) is 1. The molecule has 0 spiro atoms. The molecule has 1 atom stereocenters. The van der Waals surface area contributed by atoms with Crippen LogP contribution in [0.4, 0.5) is 4.39 Å². The van der Waals surface area contributed by atoms with Crippen molar-refractivity contribution in [3.05, 3.63) is 69.4 Å². The maximum Gasteiger partial charge on any atom is 0.232 e. The first-order valence-electron chi connectivity index (χ1n) is 7.05. The highest BCUT2D eigenvalue weighted by Gasteiger charge is 2.09. The summed E-state index contributed by atoms with van der Waals surface area (Å²) in [6.45, 7) is 1.98. The fourth-order valence-electron chi connectivity index (χ4n) is 2.03. The third-order valence-electron chi connectivity index (χ3n) is 3.25. The first-order chi connectivity index (χ1) is 10.9. The molecule has 2 aromatic carbocycles. The molecular formula is C17H17BrFNO2S. The summed E-state index contributed by atoms with van der Waals surface area (Å²) in [5.41, 5.74) is 2.28. The van der Waals surface area contributed by atoms with Crippen molar-refractivity contribution in [3.8, 4) is 0 Å². The van der Waals surface area contributed by atoms with Crippen molar-refractivity contribution >= 4 is 32.6 Å². The highest BCUT2D eigenvalue weighted by molar-refractivity contribution is 9.10. The first kappa shape index (κ1) is 17.8. The van der Waals surface area contributed by atoms with Gasteiger partial charge in [-0.25, -0.2) is 4.39 Å². The second-order valence-electron chi connectivity index (χ2n) is 5.22. The lowest BCUT2D eigenvalue weighted by Gasteiger charge is -2.07. The highest BCUT2D eigenvalue weighted by atomic mass is 79.9. The minimum absolute atomic E-state index is 0.0454. The van der Waals surface area contributed by atoms with E-state index in [1.807, 2.05) is 24.3 Å². The minimum atomic E-state index is -1.26. The van der Waals surface area contributed by atoms with E-state index < -0.39 is 10.8 Å². The second-order valence-corrected chi connectivity index (χ2v) is 7.59. The van der Waals surface area contributed by atoms with Crippen LogP contribution in [0.25, 0.3) is 0 Å². The Balaban J connectivity index is 1.80. The van der Waals surface area contributed by atoms with E-state index in [2.05, 4.69) is 21.2 Å². The summed E-state index contributed by atoms with van der Waals surface area (Å²) in [6.07, 6.45) is 0. The monoisotopic (exact) mass is 397 g/mol. The van der Waals surface area contributed by atoms with Crippen LogP contribution in [0.5, 0.6) is 0 Å². The standard InChI is InChI=1S/C17H17BrFNO2S/c1-12-8-14(4-7-16(12)19)9-20-17(21)11-23(22)10-13-2-5-15(18)6-3-13/h2-8H,9-11H2,1H3,(H,20,21)/t23-/m1/s1. The van der Waals surface area contributed by atoms with Gasteiger partial charge in [0.15, 0.2) is 0 Å². The molecule has 0 aromatic heterocycles. The number of halogens is 2. The van der Waals surface area contributed by atoms with Gasteiger partial charge in [0.05, 0.1) is 0 Å². The number of rotatable bonds is 6. The number of hydrogen-bond donors (Lipinski definition) is 1. The molecule has 0 unspecified atom stereocenters. The van der Waals surface area contributed by atoms with E-state index in [4.69, 9.17) is 0 Å². The van der Waals surface area contributed by atoms with Gasteiger partial charge in [0.2, 0.25) is 5.91 Å². The molecule has 0 bridgehead atoms. The van der Waals surface area contributed by atoms with Crippen LogP contribution in [-0.4, -0.2) is 15.9 Å². The van der Waals surface area contributed by atoms with E-state index in [0.717, 1.165) is 15.6 Å². The van der Waals surface area contributed by atoms with Gasteiger partial charge in [-0.05, 0) is 41.8 Å². The minimum Gasteiger partial charge on any atom is -0.351 e. The van der Waals surface area contributed by atoms with Crippen molar-refractivity contribution in [2.75, 3.05) is 5.75 Å². The van der Waals surface area contributed by atoms with Crippen molar-refractivity contribution < 1.29 is 13.4 Å². The molecule has 1 N–H and O–H groups in total. The quantitative estimate of drug-likeness (QED) is 0.810. The second kappa shape index (κ2) is 8.36. The Morgan fingerprint density at radius 3 is 2.48 bits per heavy atom. The molecule has 23 heavy (non-hydrogen) atoms. The SMILES string of the molecule is Cc1cc(CNC(=O)C[S@](=O)Cc2ccc(Br)cc2)ccc1F. The summed E-state index contributed by atoms with van der Waals surface area (Å²) in [5, 5.41) is 2.71. The van der Waals surface area contributed by atoms with Gasteiger partial charge in [0.1, 0.15) is 11.6 Å². The predicted molar refractivity (Wildman–Crippen MR) is 93.8 cm³/mol. The van der Waals surface area contributed by atoms with Crippen LogP contribution >= 0.6 is 15.9 Å². The van der Waals surface area contributed by atoms with Crippen LogP contribution in [0.3, 0.4) is 0 Å². The lowest BCUT2D eigenvalue weighted by molar-refractivity contribution is -0.118. The fourth-order valence-corrected chi connectivity index (χ4v) is 3.36. The molecule has 0 saturated heterocycles. The van der Waals surface area contributed by atoms with Crippen molar-refractivity contribution in [1.82, 2.24) is 5.32 Å². The molecule has 2 aromatic rings. The average Bonchev–Trinajstić information content (AvgIpc) is 2.51. The largest absolute Gasteiger partial charge is 0.351 e. The van der Waals surface area contributed by atoms with Crippen LogP contribution < -0.4 is 5.32 Å². The summed E-state index contributed by atoms with van der Waals surface area (Å²) in [6, 6.07) is 12.2. The summed E-state index contributed by atoms with van der Waals surface area (Å²) >= 11 is 3.34. The molecule has 2 rings (SSSR count). The predicted octanol–water partition coefficient (Wildman–Crippen LogP) is 3.46. The molecule has 0 radical (unpaired) electrons. The molecule has 0 aliphatic heterocycles. The molecule has 122 valence electrons. The average molecular weight is 398 g/mol. The Morgan fingerprint density at radius 2 is 1.83 bits per heavy atom. The zero-order chi connectivity index (χ0) is 16.8. The van der Waals surface area contributed by atoms with Crippen LogP contribution in [0.1, 0.15) is 16.7 Å². The first-order valence-corrected chi connectivity index (χ1v) is 9.33. The van der Waals surface area contributed by atoms with Crippen LogP contribution in [-0.2, 0) is 27.9 Å². The summed E-state index contributed by atoms with van der Waals surface area (Å²) in [7, 11) is -1.26. The number of amides is 1. The number of hydrogen-bond acceptors (Lipinski definition) is 2. The Hall–Kier alpha value is -1.53. The zero-order valence-electron chi connectivity index (χ0n) is 12.6. The van der Waals surface area contributed by atoms with Crippen LogP contribution in [0, 0.1) is 12.7 Å². The Labute approximate surface area is 145 Å². The topological polar surface area (TPSA) is 46.2 Å². The van der Waals surface area contributed by atoms with Crippen molar-refractivity contribution in [3.63, 3.8) is 0 Å². The number of carbonyl (C=O) groups is 1. The third kappa shape index (κ3) is 5.88. The smallest absolute Gasteiger partial charge is 0.232 e. The van der Waals surface area contributed by atoms with E-state index in [1.54, 1.807) is 19.1 Å². The highest BCUT2D eigenvalue weighted by Crippen LogP contribution is 2.12. The molecule has 0 heterocycles. The van der Waals surface area contributed by atoms with Gasteiger partial charge in [-0.3, -0.25) is 9.00 Å². The van der Waals surface area contributed by atoms with Gasteiger partial charge in [-0.2, -0.15) is 0 Å². The van der Waals surface area contributed by atoms with E-state index >= 15 is 0 Å². The molecule has 0 fully saturated rings. The van der Waals surface area contributed by atoms with Gasteiger partial charge in [0.25, 0.3) is 0 Å². The van der Waals surface area contributed by atoms with Gasteiger partial charge in [-0.1, -0.05) is 40.2 Å². The van der Waals surface area contributed by atoms with Crippen molar-refractivity contribution in [1.29, 1.82) is 0 Å². The molecule has 0 saturated carbocycles. The van der Waals surface area contributed by atoms with Gasteiger partial charge in [-0.15, -0.1) is 0 Å². The Kier molecular flexibility index (Phi) is 6.47. The molecule has 0 aliphatic rings. The maximum absolute atomic E-state index is 13.2. The van der Waals surface area contributed by atoms with Gasteiger partial charge < -0.3 is 5.32 Å². The summed E-state index contributed by atoms with van der Waals surface area (Å²) in [5.74, 6) is -0.245. The summed E-state index contributed by atoms with van der Waals surface area (Å²) in [4.78, 5) is 11.8. The zero-order valence-corrected chi connectivity index (χ0v) is 15.0. The van der Waals surface area contributed by atoms with Crippen molar-refractivity contribution in [2.45, 2.75) is 19.2 Å². The van der Waals surface area contributed by atoms with Gasteiger partial charge >= 0.3 is 0 Å². The van der Waals surface area contributed by atoms with E-state index in [0.29, 0.717) is 17.9 Å². The van der Waals surface area contributed by atoms with E-state index in [9.17, 15) is 13.4 Å². The Morgan fingerprint density at radius 1 is 1.17 bits per heavy atom. The van der Waals surface area contributed by atoms with Crippen LogP contribution in [0.15, 0.2) is 46.9 Å². The molecule has 1 amide bonds. The number of benzene rings is 2. The third-order valence-corrected chi connectivity index (χ3v) is 5.01. The number of carbonyl (C=O) groups excluding carboxylic acids is 1. The normalized spacial score (nSPS) is 12.0. The maximum atomic E-state index is 13.2. The lowest BCUT2D eigenvalue weighted by Crippen LogP contribution is -2.28. The molecule has 6 heteroatoms. The van der Waals surface area contributed by atoms with Crippen molar-refractivity contribution in [2.24, 2.45) is 0 Å². The van der Waals surface area contributed by atoms with E-state index in [-0.39, 0.29) is 17.5 Å². The molecule has 0 aliphatic carbocycles. The molecular weight excluding hydrogens is 381 g/mol. The fraction of sp³-hybridized carbons (Fsp3) is 0.235. The Bertz CT molecular complexity index is 719. The van der Waals surface area contributed by atoms with Gasteiger partial charge in [0, 0.05) is 27.6 Å². The van der Waals surface area contributed by atoms with Crippen LogP contribution in [0.2, 0.25) is 0 Å². The summed E-state index contributed by atoms with van der Waals surface area (Å²) < 4.78 is 26.1. The molecule has 3 nitrogen and oxygen atoms in total. The van der Waals surface area contributed by atoms with E-state index in [1.165, 1.54) is 6.07 Å². The number of aryl methyl sites for hydroxylation is 1.